The van der Waals surface area contributed by atoms with Gasteiger partial charge in [0.1, 0.15) is 12.6 Å². The molecule has 19 heavy (non-hydrogen) atoms. The SMILES string of the molecule is NC1CCC(C(F)(F)F)N(C(=O)COCC2CC2)C1. The standard InChI is InChI=1S/C12H19F3N2O2/c13-12(14,15)10-4-3-9(16)5-17(10)11(18)7-19-6-8-1-2-8/h8-10H,1-7,16H2. The number of alkyl halides is 3. The number of carbonyl (C=O) groups is 1. The Morgan fingerprint density at radius 1 is 1.26 bits per heavy atom. The van der Waals surface area contributed by atoms with Crippen molar-refractivity contribution in [1.29, 1.82) is 0 Å². The van der Waals surface area contributed by atoms with Gasteiger partial charge in [0, 0.05) is 12.6 Å². The highest BCUT2D eigenvalue weighted by atomic mass is 19.4. The fraction of sp³-hybridized carbons (Fsp3) is 0.917. The summed E-state index contributed by atoms with van der Waals surface area (Å²) in [6, 6.07) is -2.10. The van der Waals surface area contributed by atoms with Gasteiger partial charge in [0.25, 0.3) is 0 Å². The van der Waals surface area contributed by atoms with Crippen LogP contribution in [0, 0.1) is 5.92 Å². The Morgan fingerprint density at radius 2 is 1.95 bits per heavy atom. The van der Waals surface area contributed by atoms with Crippen LogP contribution in [0.1, 0.15) is 25.7 Å². The summed E-state index contributed by atoms with van der Waals surface area (Å²) in [5.41, 5.74) is 5.65. The van der Waals surface area contributed by atoms with Crippen LogP contribution in [-0.2, 0) is 9.53 Å². The molecule has 0 spiro atoms. The molecule has 2 rings (SSSR count). The second kappa shape index (κ2) is 5.66. The third-order valence-corrected chi connectivity index (χ3v) is 3.59. The Morgan fingerprint density at radius 3 is 2.53 bits per heavy atom. The maximum atomic E-state index is 12.9. The number of piperidine rings is 1. The van der Waals surface area contributed by atoms with Crippen molar-refractivity contribution in [2.24, 2.45) is 11.7 Å². The lowest BCUT2D eigenvalue weighted by atomic mass is 9.98. The van der Waals surface area contributed by atoms with E-state index in [1.165, 1.54) is 0 Å². The van der Waals surface area contributed by atoms with Gasteiger partial charge in [0.05, 0.1) is 6.61 Å². The van der Waals surface area contributed by atoms with Crippen molar-refractivity contribution < 1.29 is 22.7 Å². The molecule has 1 heterocycles. The molecule has 1 aliphatic heterocycles. The van der Waals surface area contributed by atoms with Gasteiger partial charge in [-0.2, -0.15) is 13.2 Å². The van der Waals surface area contributed by atoms with E-state index in [2.05, 4.69) is 0 Å². The first-order valence-corrected chi connectivity index (χ1v) is 6.57. The zero-order chi connectivity index (χ0) is 14.0. The Kier molecular flexibility index (Phi) is 4.35. The van der Waals surface area contributed by atoms with Crippen molar-refractivity contribution >= 4 is 5.91 Å². The van der Waals surface area contributed by atoms with Crippen LogP contribution in [0.2, 0.25) is 0 Å². The van der Waals surface area contributed by atoms with Crippen molar-refractivity contribution in [2.75, 3.05) is 19.8 Å². The number of hydrogen-bond donors (Lipinski definition) is 1. The molecule has 4 nitrogen and oxygen atoms in total. The number of halogens is 3. The maximum absolute atomic E-state index is 12.9. The lowest BCUT2D eigenvalue weighted by molar-refractivity contribution is -0.198. The number of likely N-dealkylation sites (tertiary alicyclic amines) is 1. The summed E-state index contributed by atoms with van der Waals surface area (Å²) in [4.78, 5) is 12.7. The van der Waals surface area contributed by atoms with Crippen LogP contribution >= 0.6 is 0 Å². The molecular formula is C12H19F3N2O2. The monoisotopic (exact) mass is 280 g/mol. The van der Waals surface area contributed by atoms with Crippen molar-refractivity contribution in [2.45, 2.75) is 43.9 Å². The predicted molar refractivity (Wildman–Crippen MR) is 62.3 cm³/mol. The average molecular weight is 280 g/mol. The topological polar surface area (TPSA) is 55.6 Å². The quantitative estimate of drug-likeness (QED) is 0.844. The molecule has 0 radical (unpaired) electrons. The fourth-order valence-electron chi connectivity index (χ4n) is 2.30. The summed E-state index contributed by atoms with van der Waals surface area (Å²) >= 11 is 0. The zero-order valence-electron chi connectivity index (χ0n) is 10.7. The lowest BCUT2D eigenvalue weighted by Crippen LogP contribution is -2.57. The molecule has 2 atom stereocenters. The highest BCUT2D eigenvalue weighted by Gasteiger charge is 2.47. The number of carbonyl (C=O) groups excluding carboxylic acids is 1. The summed E-state index contributed by atoms with van der Waals surface area (Å²) in [5, 5.41) is 0. The molecule has 0 aromatic carbocycles. The number of amides is 1. The molecule has 0 aromatic heterocycles. The first-order chi connectivity index (χ1) is 8.88. The molecule has 110 valence electrons. The summed E-state index contributed by atoms with van der Waals surface area (Å²) in [7, 11) is 0. The van der Waals surface area contributed by atoms with Crippen LogP contribution < -0.4 is 5.73 Å². The van der Waals surface area contributed by atoms with E-state index in [1.807, 2.05) is 0 Å². The molecule has 7 heteroatoms. The van der Waals surface area contributed by atoms with Gasteiger partial charge in [0.15, 0.2) is 0 Å². The van der Waals surface area contributed by atoms with Crippen molar-refractivity contribution in [3.63, 3.8) is 0 Å². The van der Waals surface area contributed by atoms with E-state index >= 15 is 0 Å². The van der Waals surface area contributed by atoms with E-state index in [1.54, 1.807) is 0 Å². The van der Waals surface area contributed by atoms with Crippen LogP contribution in [0.15, 0.2) is 0 Å². The van der Waals surface area contributed by atoms with Crippen molar-refractivity contribution in [3.05, 3.63) is 0 Å². The highest BCUT2D eigenvalue weighted by molar-refractivity contribution is 5.78. The van der Waals surface area contributed by atoms with Crippen LogP contribution in [0.4, 0.5) is 13.2 Å². The van der Waals surface area contributed by atoms with E-state index in [0.29, 0.717) is 12.5 Å². The minimum Gasteiger partial charge on any atom is -0.371 e. The molecular weight excluding hydrogens is 261 g/mol. The fourth-order valence-corrected chi connectivity index (χ4v) is 2.30. The Bertz CT molecular complexity index is 331. The largest absolute Gasteiger partial charge is 0.408 e. The Hall–Kier alpha value is -0.820. The van der Waals surface area contributed by atoms with Crippen molar-refractivity contribution in [1.82, 2.24) is 4.90 Å². The van der Waals surface area contributed by atoms with E-state index in [0.717, 1.165) is 17.7 Å². The number of hydrogen-bond acceptors (Lipinski definition) is 3. The van der Waals surface area contributed by atoms with Crippen LogP contribution in [0.5, 0.6) is 0 Å². The summed E-state index contributed by atoms with van der Waals surface area (Å²) in [6.45, 7) is 0.133. The van der Waals surface area contributed by atoms with E-state index < -0.39 is 18.1 Å². The summed E-state index contributed by atoms with van der Waals surface area (Å²) in [5.74, 6) is -0.132. The van der Waals surface area contributed by atoms with Gasteiger partial charge in [-0.3, -0.25) is 4.79 Å². The minimum absolute atomic E-state index is 0.0458. The van der Waals surface area contributed by atoms with E-state index in [9.17, 15) is 18.0 Å². The summed E-state index contributed by atoms with van der Waals surface area (Å²) in [6.07, 6.45) is -2.08. The molecule has 2 N–H and O–H groups in total. The Labute approximate surface area is 110 Å². The molecule has 1 amide bonds. The second-order valence-electron chi connectivity index (χ2n) is 5.40. The molecule has 0 aromatic rings. The van der Waals surface area contributed by atoms with Crippen molar-refractivity contribution in [3.8, 4) is 0 Å². The molecule has 1 saturated carbocycles. The predicted octanol–water partition coefficient (Wildman–Crippen LogP) is 1.29. The third kappa shape index (κ3) is 4.07. The summed E-state index contributed by atoms with van der Waals surface area (Å²) < 4.78 is 43.8. The van der Waals surface area contributed by atoms with Crippen LogP contribution in [-0.4, -0.2) is 48.8 Å². The first-order valence-electron chi connectivity index (χ1n) is 6.57. The number of ether oxygens (including phenoxy) is 1. The van der Waals surface area contributed by atoms with Gasteiger partial charge >= 0.3 is 6.18 Å². The number of rotatable bonds is 4. The molecule has 1 saturated heterocycles. The van der Waals surface area contributed by atoms with Gasteiger partial charge < -0.3 is 15.4 Å². The molecule has 1 aliphatic carbocycles. The smallest absolute Gasteiger partial charge is 0.371 e. The lowest BCUT2D eigenvalue weighted by Gasteiger charge is -2.39. The van der Waals surface area contributed by atoms with Gasteiger partial charge in [-0.1, -0.05) is 0 Å². The van der Waals surface area contributed by atoms with E-state index in [-0.39, 0.29) is 32.0 Å². The molecule has 2 fully saturated rings. The number of nitrogens with zero attached hydrogens (tertiary/aromatic N) is 1. The van der Waals surface area contributed by atoms with E-state index in [4.69, 9.17) is 10.5 Å². The Balaban J connectivity index is 1.89. The highest BCUT2D eigenvalue weighted by Crippen LogP contribution is 2.32. The minimum atomic E-state index is -4.40. The maximum Gasteiger partial charge on any atom is 0.408 e. The molecule has 2 aliphatic rings. The van der Waals surface area contributed by atoms with Crippen LogP contribution in [0.3, 0.4) is 0 Å². The normalized spacial score (nSPS) is 28.5. The zero-order valence-corrected chi connectivity index (χ0v) is 10.7. The van der Waals surface area contributed by atoms with Gasteiger partial charge in [-0.05, 0) is 31.6 Å². The first kappa shape index (κ1) is 14.6. The van der Waals surface area contributed by atoms with Gasteiger partial charge in [-0.25, -0.2) is 0 Å². The second-order valence-corrected chi connectivity index (χ2v) is 5.40. The molecule has 0 bridgehead atoms. The van der Waals surface area contributed by atoms with Gasteiger partial charge in [-0.15, -0.1) is 0 Å². The number of nitrogens with two attached hydrogens (primary N) is 1. The third-order valence-electron chi connectivity index (χ3n) is 3.59. The van der Waals surface area contributed by atoms with Crippen LogP contribution in [0.25, 0.3) is 0 Å². The van der Waals surface area contributed by atoms with Gasteiger partial charge in [0.2, 0.25) is 5.91 Å². The average Bonchev–Trinajstić information content (AvgIpc) is 3.11. The molecule has 2 unspecified atom stereocenters.